The van der Waals surface area contributed by atoms with Crippen LogP contribution in [0.5, 0.6) is 0 Å². The Morgan fingerprint density at radius 1 is 0.889 bits per heavy atom. The molecule has 0 radical (unpaired) electrons. The quantitative estimate of drug-likeness (QED) is 0.236. The predicted octanol–water partition coefficient (Wildman–Crippen LogP) is 7.07. The molecule has 2 heterocycles. The molecule has 1 unspecified atom stereocenters. The Hall–Kier alpha value is -4.25. The van der Waals surface area contributed by atoms with E-state index in [1.54, 1.807) is 24.4 Å². The maximum atomic E-state index is 12.6. The average molecular weight is 476 g/mol. The van der Waals surface area contributed by atoms with Gasteiger partial charge in [-0.2, -0.15) is 0 Å². The number of fused-ring (bicyclic) bond motifs is 1. The lowest BCUT2D eigenvalue weighted by Gasteiger charge is -2.33. The number of pyridine rings is 1. The van der Waals surface area contributed by atoms with E-state index in [1.165, 1.54) is 5.39 Å². The average Bonchev–Trinajstić information content (AvgIpc) is 3.41. The molecule has 0 saturated carbocycles. The van der Waals surface area contributed by atoms with E-state index in [9.17, 15) is 4.79 Å². The second-order valence-electron chi connectivity index (χ2n) is 9.74. The molecular weight excluding hydrogens is 446 g/mol. The zero-order valence-electron chi connectivity index (χ0n) is 20.8. The van der Waals surface area contributed by atoms with Crippen molar-refractivity contribution in [1.82, 2.24) is 14.5 Å². The lowest BCUT2D eigenvalue weighted by atomic mass is 9.74. The standard InChI is InChI=1S/C31H29N3O2/c1-22(31(2,3)21-36-30(35)28-15-9-10-16-32-28)26-19-23-11-7-8-12-24(23)20-27(26)29-33-17-18-34(29)25-13-5-4-6-14-25/h4-20,22H,21H2,1-3H3. The third kappa shape index (κ3) is 4.65. The van der Waals surface area contributed by atoms with Gasteiger partial charge in [0.2, 0.25) is 0 Å². The number of carbonyl (C=O) groups excluding carboxylic acids is 1. The molecule has 0 amide bonds. The van der Waals surface area contributed by atoms with E-state index in [4.69, 9.17) is 9.72 Å². The first-order valence-electron chi connectivity index (χ1n) is 12.1. The molecule has 0 bridgehead atoms. The number of aromatic nitrogens is 3. The Morgan fingerprint density at radius 2 is 1.58 bits per heavy atom. The molecule has 0 N–H and O–H groups in total. The number of carbonyl (C=O) groups is 1. The van der Waals surface area contributed by atoms with Crippen LogP contribution in [0.2, 0.25) is 0 Å². The van der Waals surface area contributed by atoms with Gasteiger partial charge in [0.25, 0.3) is 0 Å². The number of rotatable bonds is 7. The molecule has 0 aliphatic rings. The van der Waals surface area contributed by atoms with Crippen molar-refractivity contribution in [3.05, 3.63) is 115 Å². The maximum absolute atomic E-state index is 12.6. The van der Waals surface area contributed by atoms with Gasteiger partial charge in [-0.05, 0) is 52.6 Å². The highest BCUT2D eigenvalue weighted by molar-refractivity contribution is 5.89. The Morgan fingerprint density at radius 3 is 2.31 bits per heavy atom. The van der Waals surface area contributed by atoms with Gasteiger partial charge < -0.3 is 4.74 Å². The van der Waals surface area contributed by atoms with Crippen molar-refractivity contribution in [3.63, 3.8) is 0 Å². The summed E-state index contributed by atoms with van der Waals surface area (Å²) < 4.78 is 7.84. The van der Waals surface area contributed by atoms with E-state index in [2.05, 4.69) is 78.9 Å². The van der Waals surface area contributed by atoms with Crippen LogP contribution in [0.1, 0.15) is 42.7 Å². The number of hydrogen-bond acceptors (Lipinski definition) is 4. The minimum absolute atomic E-state index is 0.0644. The fraction of sp³-hybridized carbons (Fsp3) is 0.194. The largest absolute Gasteiger partial charge is 0.460 e. The van der Waals surface area contributed by atoms with Crippen LogP contribution in [0.25, 0.3) is 27.8 Å². The molecule has 0 spiro atoms. The van der Waals surface area contributed by atoms with Crippen LogP contribution < -0.4 is 0 Å². The van der Waals surface area contributed by atoms with Crippen LogP contribution in [-0.2, 0) is 4.74 Å². The molecule has 3 aromatic carbocycles. The van der Waals surface area contributed by atoms with Crippen LogP contribution >= 0.6 is 0 Å². The Labute approximate surface area is 211 Å². The van der Waals surface area contributed by atoms with Gasteiger partial charge in [0.05, 0.1) is 6.61 Å². The van der Waals surface area contributed by atoms with Gasteiger partial charge in [0.15, 0.2) is 0 Å². The molecule has 5 nitrogen and oxygen atoms in total. The van der Waals surface area contributed by atoms with Crippen molar-refractivity contribution in [1.29, 1.82) is 0 Å². The third-order valence-corrected chi connectivity index (χ3v) is 6.92. The molecule has 2 aromatic heterocycles. The molecule has 180 valence electrons. The molecule has 5 heteroatoms. The van der Waals surface area contributed by atoms with Gasteiger partial charge in [0, 0.05) is 35.3 Å². The molecule has 5 rings (SSSR count). The maximum Gasteiger partial charge on any atom is 0.356 e. The number of imidazole rings is 1. The normalized spacial score (nSPS) is 12.4. The third-order valence-electron chi connectivity index (χ3n) is 6.92. The highest BCUT2D eigenvalue weighted by atomic mass is 16.5. The molecule has 5 aromatic rings. The van der Waals surface area contributed by atoms with E-state index >= 15 is 0 Å². The monoisotopic (exact) mass is 475 g/mol. The number of hydrogen-bond donors (Lipinski definition) is 0. The molecule has 0 aliphatic heterocycles. The summed E-state index contributed by atoms with van der Waals surface area (Å²) in [5.41, 5.74) is 3.26. The highest BCUT2D eigenvalue weighted by Crippen LogP contribution is 2.42. The van der Waals surface area contributed by atoms with Crippen molar-refractivity contribution in [2.75, 3.05) is 6.61 Å². The summed E-state index contributed by atoms with van der Waals surface area (Å²) in [5.74, 6) is 0.541. The van der Waals surface area contributed by atoms with E-state index in [-0.39, 0.29) is 17.9 Å². The smallest absolute Gasteiger partial charge is 0.356 e. The van der Waals surface area contributed by atoms with Gasteiger partial charge in [-0.15, -0.1) is 0 Å². The minimum Gasteiger partial charge on any atom is -0.460 e. The number of esters is 1. The first-order chi connectivity index (χ1) is 17.4. The van der Waals surface area contributed by atoms with Crippen LogP contribution in [0.3, 0.4) is 0 Å². The first-order valence-corrected chi connectivity index (χ1v) is 12.1. The van der Waals surface area contributed by atoms with Crippen LogP contribution in [0.15, 0.2) is 104 Å². The Balaban J connectivity index is 1.54. The van der Waals surface area contributed by atoms with Gasteiger partial charge in [0.1, 0.15) is 11.5 Å². The molecule has 0 aliphatic carbocycles. The zero-order chi connectivity index (χ0) is 25.1. The number of nitrogens with zero attached hydrogens (tertiary/aromatic N) is 3. The van der Waals surface area contributed by atoms with Crippen molar-refractivity contribution in [3.8, 4) is 17.1 Å². The summed E-state index contributed by atoms with van der Waals surface area (Å²) in [5, 5.41) is 2.33. The predicted molar refractivity (Wildman–Crippen MR) is 143 cm³/mol. The zero-order valence-corrected chi connectivity index (χ0v) is 20.8. The van der Waals surface area contributed by atoms with Crippen molar-refractivity contribution in [2.24, 2.45) is 5.41 Å². The Bertz CT molecular complexity index is 1490. The van der Waals surface area contributed by atoms with Gasteiger partial charge in [-0.3, -0.25) is 4.57 Å². The van der Waals surface area contributed by atoms with Gasteiger partial charge in [-0.1, -0.05) is 75.4 Å². The summed E-state index contributed by atoms with van der Waals surface area (Å²) in [6.45, 7) is 6.72. The van der Waals surface area contributed by atoms with E-state index in [0.717, 1.165) is 28.0 Å². The summed E-state index contributed by atoms with van der Waals surface area (Å²) >= 11 is 0. The minimum atomic E-state index is -0.408. The lowest BCUT2D eigenvalue weighted by Crippen LogP contribution is -2.28. The van der Waals surface area contributed by atoms with E-state index in [0.29, 0.717) is 5.69 Å². The first kappa shape index (κ1) is 23.5. The highest BCUT2D eigenvalue weighted by Gasteiger charge is 2.32. The number of ether oxygens (including phenoxy) is 1. The number of benzene rings is 3. The second-order valence-corrected chi connectivity index (χ2v) is 9.74. The second kappa shape index (κ2) is 9.78. The van der Waals surface area contributed by atoms with Crippen LogP contribution in [-0.4, -0.2) is 27.1 Å². The summed E-state index contributed by atoms with van der Waals surface area (Å²) in [6, 6.07) is 28.3. The van der Waals surface area contributed by atoms with Crippen molar-refractivity contribution in [2.45, 2.75) is 26.7 Å². The molecule has 0 saturated heterocycles. The molecule has 1 atom stereocenters. The Kier molecular flexibility index (Phi) is 6.38. The molecule has 36 heavy (non-hydrogen) atoms. The summed E-state index contributed by atoms with van der Waals surface area (Å²) in [4.78, 5) is 21.5. The molecular formula is C31H29N3O2. The van der Waals surface area contributed by atoms with Crippen molar-refractivity contribution < 1.29 is 9.53 Å². The summed E-state index contributed by atoms with van der Waals surface area (Å²) in [6.07, 6.45) is 5.43. The number of para-hydroxylation sites is 1. The van der Waals surface area contributed by atoms with E-state index < -0.39 is 5.97 Å². The topological polar surface area (TPSA) is 57.0 Å². The van der Waals surface area contributed by atoms with Gasteiger partial charge >= 0.3 is 5.97 Å². The van der Waals surface area contributed by atoms with Crippen molar-refractivity contribution >= 4 is 16.7 Å². The SMILES string of the molecule is CC(c1cc2ccccc2cc1-c1nccn1-c1ccccc1)C(C)(C)COC(=O)c1ccccn1. The van der Waals surface area contributed by atoms with Gasteiger partial charge in [-0.25, -0.2) is 14.8 Å². The molecule has 0 fully saturated rings. The van der Waals surface area contributed by atoms with Crippen LogP contribution in [0.4, 0.5) is 0 Å². The summed E-state index contributed by atoms with van der Waals surface area (Å²) in [7, 11) is 0. The van der Waals surface area contributed by atoms with Crippen LogP contribution in [0, 0.1) is 5.41 Å². The fourth-order valence-corrected chi connectivity index (χ4v) is 4.46. The van der Waals surface area contributed by atoms with E-state index in [1.807, 2.05) is 30.6 Å². The fourth-order valence-electron chi connectivity index (χ4n) is 4.46. The lowest BCUT2D eigenvalue weighted by molar-refractivity contribution is 0.0297.